The average Bonchev–Trinajstić information content (AvgIpc) is 2.42. The van der Waals surface area contributed by atoms with E-state index >= 15 is 0 Å². The Bertz CT molecular complexity index is 403. The van der Waals surface area contributed by atoms with Gasteiger partial charge >= 0.3 is 0 Å². The summed E-state index contributed by atoms with van der Waals surface area (Å²) in [6, 6.07) is 8.01. The number of methoxy groups -OCH3 is 1. The molecular formula is C15H19NO2. The van der Waals surface area contributed by atoms with Crippen LogP contribution in [0, 0.1) is 12.3 Å². The van der Waals surface area contributed by atoms with Gasteiger partial charge in [0.1, 0.15) is 5.75 Å². The Labute approximate surface area is 109 Å². The first-order chi connectivity index (χ1) is 8.76. The molecule has 0 aliphatic heterocycles. The summed E-state index contributed by atoms with van der Waals surface area (Å²) in [6.07, 6.45) is 8.45. The normalized spacial score (nSPS) is 9.56. The monoisotopic (exact) mass is 245 g/mol. The molecule has 3 nitrogen and oxygen atoms in total. The van der Waals surface area contributed by atoms with Crippen LogP contribution in [0.15, 0.2) is 24.3 Å². The van der Waals surface area contributed by atoms with Crippen molar-refractivity contribution in [2.45, 2.75) is 25.7 Å². The van der Waals surface area contributed by atoms with E-state index in [1.54, 1.807) is 7.11 Å². The molecular weight excluding hydrogens is 226 g/mol. The Balaban J connectivity index is 2.17. The Hall–Kier alpha value is -1.95. The molecule has 3 heteroatoms. The Morgan fingerprint density at radius 2 is 2.06 bits per heavy atom. The fraction of sp³-hybridized carbons (Fsp3) is 0.400. The molecule has 0 atom stereocenters. The van der Waals surface area contributed by atoms with E-state index in [2.05, 4.69) is 23.4 Å². The Morgan fingerprint density at radius 3 is 2.67 bits per heavy atom. The lowest BCUT2D eigenvalue weighted by molar-refractivity contribution is -0.120. The van der Waals surface area contributed by atoms with Crippen LogP contribution >= 0.6 is 0 Å². The van der Waals surface area contributed by atoms with Crippen molar-refractivity contribution in [3.05, 3.63) is 29.8 Å². The standard InChI is InChI=1S/C15H19NO2/c1-3-12-16-15(17)7-5-4-6-13-8-10-14(18-2)11-9-13/h1,8-11H,4-7,12H2,2H3,(H,16,17). The van der Waals surface area contributed by atoms with Gasteiger partial charge < -0.3 is 10.1 Å². The van der Waals surface area contributed by atoms with Gasteiger partial charge in [0.25, 0.3) is 0 Å². The molecule has 1 amide bonds. The van der Waals surface area contributed by atoms with Crippen molar-refractivity contribution < 1.29 is 9.53 Å². The number of terminal acetylenes is 1. The fourth-order valence-corrected chi connectivity index (χ4v) is 1.64. The predicted molar refractivity (Wildman–Crippen MR) is 72.4 cm³/mol. The van der Waals surface area contributed by atoms with Crippen LogP contribution in [0.4, 0.5) is 0 Å². The average molecular weight is 245 g/mol. The number of hydrogen-bond acceptors (Lipinski definition) is 2. The summed E-state index contributed by atoms with van der Waals surface area (Å²) in [6.45, 7) is 0.317. The van der Waals surface area contributed by atoms with Crippen molar-refractivity contribution in [2.75, 3.05) is 13.7 Å². The number of nitrogens with one attached hydrogen (secondary N) is 1. The van der Waals surface area contributed by atoms with E-state index in [4.69, 9.17) is 11.2 Å². The maximum Gasteiger partial charge on any atom is 0.220 e. The highest BCUT2D eigenvalue weighted by Crippen LogP contribution is 2.13. The van der Waals surface area contributed by atoms with E-state index in [0.29, 0.717) is 13.0 Å². The number of amides is 1. The molecule has 0 aromatic heterocycles. The molecule has 1 N–H and O–H groups in total. The minimum Gasteiger partial charge on any atom is -0.497 e. The third kappa shape index (κ3) is 5.40. The van der Waals surface area contributed by atoms with E-state index in [-0.39, 0.29) is 5.91 Å². The third-order valence-electron chi connectivity index (χ3n) is 2.67. The van der Waals surface area contributed by atoms with Crippen LogP contribution in [0.25, 0.3) is 0 Å². The number of aryl methyl sites for hydroxylation is 1. The molecule has 0 spiro atoms. The first-order valence-electron chi connectivity index (χ1n) is 6.09. The van der Waals surface area contributed by atoms with E-state index in [0.717, 1.165) is 25.0 Å². The van der Waals surface area contributed by atoms with Crippen LogP contribution in [-0.2, 0) is 11.2 Å². The van der Waals surface area contributed by atoms with Crippen LogP contribution in [-0.4, -0.2) is 19.6 Å². The van der Waals surface area contributed by atoms with Crippen LogP contribution in [0.1, 0.15) is 24.8 Å². The maximum atomic E-state index is 11.3. The van der Waals surface area contributed by atoms with Crippen LogP contribution in [0.2, 0.25) is 0 Å². The van der Waals surface area contributed by atoms with Gasteiger partial charge in [0, 0.05) is 6.42 Å². The Kier molecular flexibility index (Phi) is 6.42. The highest BCUT2D eigenvalue weighted by Gasteiger charge is 2.00. The smallest absolute Gasteiger partial charge is 0.220 e. The summed E-state index contributed by atoms with van der Waals surface area (Å²) in [5.74, 6) is 3.28. The summed E-state index contributed by atoms with van der Waals surface area (Å²) >= 11 is 0. The van der Waals surface area contributed by atoms with Crippen molar-refractivity contribution >= 4 is 5.91 Å². The third-order valence-corrected chi connectivity index (χ3v) is 2.67. The second-order valence-corrected chi connectivity index (χ2v) is 4.04. The number of ether oxygens (including phenoxy) is 1. The van der Waals surface area contributed by atoms with E-state index in [1.165, 1.54) is 5.56 Å². The summed E-state index contributed by atoms with van der Waals surface area (Å²) in [7, 11) is 1.66. The van der Waals surface area contributed by atoms with Gasteiger partial charge in [0.15, 0.2) is 0 Å². The quantitative estimate of drug-likeness (QED) is 0.590. The van der Waals surface area contributed by atoms with Crippen LogP contribution in [0.3, 0.4) is 0 Å². The van der Waals surface area contributed by atoms with Gasteiger partial charge in [-0.3, -0.25) is 4.79 Å². The molecule has 0 heterocycles. The van der Waals surface area contributed by atoms with E-state index in [9.17, 15) is 4.79 Å². The van der Waals surface area contributed by atoms with Crippen molar-refractivity contribution in [3.63, 3.8) is 0 Å². The zero-order valence-corrected chi connectivity index (χ0v) is 10.7. The summed E-state index contributed by atoms with van der Waals surface area (Å²) in [5.41, 5.74) is 1.26. The molecule has 1 aromatic rings. The largest absolute Gasteiger partial charge is 0.497 e. The first kappa shape index (κ1) is 14.1. The minimum absolute atomic E-state index is 0.0303. The SMILES string of the molecule is C#CCNC(=O)CCCCc1ccc(OC)cc1. The molecule has 0 aliphatic carbocycles. The van der Waals surface area contributed by atoms with Crippen molar-refractivity contribution in [3.8, 4) is 18.1 Å². The van der Waals surface area contributed by atoms with Crippen molar-refractivity contribution in [1.82, 2.24) is 5.32 Å². The lowest BCUT2D eigenvalue weighted by Crippen LogP contribution is -2.22. The number of carbonyl (C=O) groups is 1. The lowest BCUT2D eigenvalue weighted by atomic mass is 10.1. The number of rotatable bonds is 7. The molecule has 0 fully saturated rings. The first-order valence-corrected chi connectivity index (χ1v) is 6.09. The fourth-order valence-electron chi connectivity index (χ4n) is 1.64. The van der Waals surface area contributed by atoms with Gasteiger partial charge in [-0.25, -0.2) is 0 Å². The van der Waals surface area contributed by atoms with Crippen LogP contribution in [0.5, 0.6) is 5.75 Å². The van der Waals surface area contributed by atoms with Gasteiger partial charge in [-0.1, -0.05) is 18.1 Å². The predicted octanol–water partition coefficient (Wildman–Crippen LogP) is 2.16. The molecule has 0 aliphatic rings. The minimum atomic E-state index is 0.0303. The lowest BCUT2D eigenvalue weighted by Gasteiger charge is -2.04. The molecule has 0 saturated carbocycles. The molecule has 0 bridgehead atoms. The molecule has 18 heavy (non-hydrogen) atoms. The molecule has 0 radical (unpaired) electrons. The molecule has 1 rings (SSSR count). The molecule has 1 aromatic carbocycles. The van der Waals surface area contributed by atoms with Crippen LogP contribution < -0.4 is 10.1 Å². The zero-order valence-electron chi connectivity index (χ0n) is 10.7. The number of unbranched alkanes of at least 4 members (excludes halogenated alkanes) is 1. The number of carbonyl (C=O) groups excluding carboxylic acids is 1. The zero-order chi connectivity index (χ0) is 13.2. The van der Waals surface area contributed by atoms with Gasteiger partial charge in [0.05, 0.1) is 13.7 Å². The maximum absolute atomic E-state index is 11.3. The highest BCUT2D eigenvalue weighted by molar-refractivity contribution is 5.76. The molecule has 0 saturated heterocycles. The van der Waals surface area contributed by atoms with E-state index in [1.807, 2.05) is 12.1 Å². The summed E-state index contributed by atoms with van der Waals surface area (Å²) in [4.78, 5) is 11.3. The summed E-state index contributed by atoms with van der Waals surface area (Å²) < 4.78 is 5.09. The van der Waals surface area contributed by atoms with Crippen molar-refractivity contribution in [1.29, 1.82) is 0 Å². The summed E-state index contributed by atoms with van der Waals surface area (Å²) in [5, 5.41) is 2.65. The highest BCUT2D eigenvalue weighted by atomic mass is 16.5. The number of hydrogen-bond donors (Lipinski definition) is 1. The molecule has 96 valence electrons. The van der Waals surface area contributed by atoms with Gasteiger partial charge in [-0.2, -0.15) is 0 Å². The number of benzene rings is 1. The second kappa shape index (κ2) is 8.19. The topological polar surface area (TPSA) is 38.3 Å². The van der Waals surface area contributed by atoms with Gasteiger partial charge in [-0.05, 0) is 37.0 Å². The molecule has 0 unspecified atom stereocenters. The van der Waals surface area contributed by atoms with Gasteiger partial charge in [0.2, 0.25) is 5.91 Å². The second-order valence-electron chi connectivity index (χ2n) is 4.04. The van der Waals surface area contributed by atoms with Gasteiger partial charge in [-0.15, -0.1) is 6.42 Å². The van der Waals surface area contributed by atoms with E-state index < -0.39 is 0 Å². The van der Waals surface area contributed by atoms with Crippen molar-refractivity contribution in [2.24, 2.45) is 0 Å². The Morgan fingerprint density at radius 1 is 1.33 bits per heavy atom.